The molecule has 0 saturated heterocycles. The fraction of sp³-hybridized carbons (Fsp3) is 0.179. The summed E-state index contributed by atoms with van der Waals surface area (Å²) in [5, 5.41) is 16.3. The summed E-state index contributed by atoms with van der Waals surface area (Å²) in [7, 11) is 1.27. The Morgan fingerprint density at radius 2 is 1.43 bits per heavy atom. The number of hydrogen-bond acceptors (Lipinski definition) is 6. The van der Waals surface area contributed by atoms with Crippen molar-refractivity contribution in [2.24, 2.45) is 0 Å². The molecule has 9 nitrogen and oxygen atoms in total. The molecule has 3 aromatic rings. The highest BCUT2D eigenvalue weighted by atomic mass is 16.6. The third-order valence-electron chi connectivity index (χ3n) is 5.48. The minimum atomic E-state index is -0.621. The van der Waals surface area contributed by atoms with E-state index in [0.29, 0.717) is 22.4 Å². The standard InChI is InChI=1S/C28H27N3O6/c1-28(2,3)21-11-7-19(8-12-21)25(32)30-24(17-18-5-15-23(16-6-18)31(35)36)26(33)29-22-13-9-20(10-14-22)27(34)37-4/h5-17H,1-4H3,(H,29,33)(H,30,32). The topological polar surface area (TPSA) is 128 Å². The number of benzene rings is 3. The summed E-state index contributed by atoms with van der Waals surface area (Å²) in [5.41, 5.74) is 2.33. The summed E-state index contributed by atoms with van der Waals surface area (Å²) in [6, 6.07) is 18.7. The Bertz CT molecular complexity index is 1340. The van der Waals surface area contributed by atoms with E-state index in [4.69, 9.17) is 0 Å². The summed E-state index contributed by atoms with van der Waals surface area (Å²) in [6.07, 6.45) is 1.42. The highest BCUT2D eigenvalue weighted by Gasteiger charge is 2.18. The number of carbonyl (C=O) groups excluding carboxylic acids is 3. The van der Waals surface area contributed by atoms with Crippen LogP contribution in [0.15, 0.2) is 78.5 Å². The van der Waals surface area contributed by atoms with Gasteiger partial charge in [-0.1, -0.05) is 32.9 Å². The normalized spacial score (nSPS) is 11.4. The van der Waals surface area contributed by atoms with Crippen molar-refractivity contribution in [2.45, 2.75) is 26.2 Å². The van der Waals surface area contributed by atoms with E-state index < -0.39 is 22.7 Å². The third kappa shape index (κ3) is 7.11. The van der Waals surface area contributed by atoms with Gasteiger partial charge in [-0.05, 0) is 71.1 Å². The Kier molecular flexibility index (Phi) is 8.19. The number of nitro benzene ring substituents is 1. The van der Waals surface area contributed by atoms with Crippen LogP contribution in [0.5, 0.6) is 0 Å². The number of anilines is 1. The van der Waals surface area contributed by atoms with E-state index in [2.05, 4.69) is 36.1 Å². The quantitative estimate of drug-likeness (QED) is 0.201. The molecule has 0 spiro atoms. The monoisotopic (exact) mass is 501 g/mol. The Labute approximate surface area is 214 Å². The Morgan fingerprint density at radius 3 is 1.95 bits per heavy atom. The first-order chi connectivity index (χ1) is 17.5. The van der Waals surface area contributed by atoms with Gasteiger partial charge in [0.05, 0.1) is 17.6 Å². The number of nitrogens with one attached hydrogen (secondary N) is 2. The van der Waals surface area contributed by atoms with Gasteiger partial charge in [-0.25, -0.2) is 4.79 Å². The second kappa shape index (κ2) is 11.3. The Balaban J connectivity index is 1.88. The molecule has 0 fully saturated rings. The molecule has 9 heteroatoms. The van der Waals surface area contributed by atoms with Crippen LogP contribution in [0, 0.1) is 10.1 Å². The van der Waals surface area contributed by atoms with Gasteiger partial charge in [0.25, 0.3) is 17.5 Å². The number of methoxy groups -OCH3 is 1. The smallest absolute Gasteiger partial charge is 0.337 e. The van der Waals surface area contributed by atoms with Crippen molar-refractivity contribution in [1.29, 1.82) is 0 Å². The lowest BCUT2D eigenvalue weighted by Gasteiger charge is -2.19. The number of rotatable bonds is 7. The average Bonchev–Trinajstić information content (AvgIpc) is 2.88. The van der Waals surface area contributed by atoms with Gasteiger partial charge in [0.1, 0.15) is 5.70 Å². The number of non-ortho nitro benzene ring substituents is 1. The summed E-state index contributed by atoms with van der Waals surface area (Å²) in [6.45, 7) is 6.19. The van der Waals surface area contributed by atoms with Crippen LogP contribution >= 0.6 is 0 Å². The lowest BCUT2D eigenvalue weighted by atomic mass is 9.87. The molecule has 0 bridgehead atoms. The molecule has 0 unspecified atom stereocenters. The van der Waals surface area contributed by atoms with Crippen molar-refractivity contribution in [2.75, 3.05) is 12.4 Å². The first-order valence-electron chi connectivity index (χ1n) is 11.4. The zero-order chi connectivity index (χ0) is 27.2. The van der Waals surface area contributed by atoms with E-state index in [9.17, 15) is 24.5 Å². The number of esters is 1. The van der Waals surface area contributed by atoms with Gasteiger partial charge in [0.15, 0.2) is 0 Å². The number of nitrogens with zero attached hydrogens (tertiary/aromatic N) is 1. The van der Waals surface area contributed by atoms with Crippen LogP contribution in [0.1, 0.15) is 52.6 Å². The predicted molar refractivity (Wildman–Crippen MR) is 140 cm³/mol. The van der Waals surface area contributed by atoms with Gasteiger partial charge >= 0.3 is 5.97 Å². The van der Waals surface area contributed by atoms with E-state index in [-0.39, 0.29) is 16.8 Å². The number of nitro groups is 1. The number of amides is 2. The molecule has 190 valence electrons. The van der Waals surface area contributed by atoms with E-state index in [1.54, 1.807) is 12.1 Å². The van der Waals surface area contributed by atoms with Gasteiger partial charge in [-0.15, -0.1) is 0 Å². The van der Waals surface area contributed by atoms with Crippen molar-refractivity contribution >= 4 is 35.2 Å². The molecule has 0 aromatic heterocycles. The molecule has 0 atom stereocenters. The van der Waals surface area contributed by atoms with Crippen LogP contribution in [0.4, 0.5) is 11.4 Å². The van der Waals surface area contributed by atoms with E-state index in [0.717, 1.165) is 5.56 Å². The Morgan fingerprint density at radius 1 is 0.865 bits per heavy atom. The largest absolute Gasteiger partial charge is 0.465 e. The molecule has 0 heterocycles. The molecule has 0 aliphatic heterocycles. The molecule has 2 N–H and O–H groups in total. The molecule has 2 amide bonds. The van der Waals surface area contributed by atoms with Crippen LogP contribution in [0.25, 0.3) is 6.08 Å². The molecule has 0 aliphatic carbocycles. The summed E-state index contributed by atoms with van der Waals surface area (Å²) in [5.74, 6) is -1.63. The highest BCUT2D eigenvalue weighted by Crippen LogP contribution is 2.22. The fourth-order valence-corrected chi connectivity index (χ4v) is 3.34. The average molecular weight is 502 g/mol. The van der Waals surface area contributed by atoms with Gasteiger partial charge in [0, 0.05) is 23.4 Å². The zero-order valence-corrected chi connectivity index (χ0v) is 20.9. The maximum Gasteiger partial charge on any atom is 0.337 e. The van der Waals surface area contributed by atoms with Crippen molar-refractivity contribution in [3.63, 3.8) is 0 Å². The lowest BCUT2D eigenvalue weighted by Crippen LogP contribution is -2.30. The van der Waals surface area contributed by atoms with E-state index in [1.807, 2.05) is 12.1 Å². The SMILES string of the molecule is COC(=O)c1ccc(NC(=O)C(=Cc2ccc([N+](=O)[O-])cc2)NC(=O)c2ccc(C(C)(C)C)cc2)cc1. The maximum atomic E-state index is 13.1. The van der Waals surface area contributed by atoms with E-state index in [1.165, 1.54) is 61.7 Å². The molecule has 0 aliphatic rings. The highest BCUT2D eigenvalue weighted by molar-refractivity contribution is 6.10. The van der Waals surface area contributed by atoms with Gasteiger partial charge in [0.2, 0.25) is 0 Å². The van der Waals surface area contributed by atoms with Crippen LogP contribution < -0.4 is 10.6 Å². The van der Waals surface area contributed by atoms with Crippen LogP contribution in [-0.2, 0) is 14.9 Å². The van der Waals surface area contributed by atoms with Crippen molar-refractivity contribution in [3.05, 3.63) is 111 Å². The van der Waals surface area contributed by atoms with Gasteiger partial charge < -0.3 is 15.4 Å². The minimum absolute atomic E-state index is 0.0733. The first kappa shape index (κ1) is 26.8. The molecule has 3 aromatic carbocycles. The summed E-state index contributed by atoms with van der Waals surface area (Å²) in [4.78, 5) is 48.2. The van der Waals surface area contributed by atoms with Gasteiger partial charge in [-0.3, -0.25) is 19.7 Å². The predicted octanol–water partition coefficient (Wildman–Crippen LogP) is 5.09. The minimum Gasteiger partial charge on any atom is -0.465 e. The second-order valence-corrected chi connectivity index (χ2v) is 9.21. The van der Waals surface area contributed by atoms with Crippen LogP contribution in [0.3, 0.4) is 0 Å². The van der Waals surface area contributed by atoms with Crippen molar-refractivity contribution < 1.29 is 24.0 Å². The van der Waals surface area contributed by atoms with Crippen LogP contribution in [-0.4, -0.2) is 29.8 Å². The number of hydrogen-bond donors (Lipinski definition) is 2. The Hall–Kier alpha value is -4.79. The fourth-order valence-electron chi connectivity index (χ4n) is 3.34. The summed E-state index contributed by atoms with van der Waals surface area (Å²) >= 11 is 0. The third-order valence-corrected chi connectivity index (χ3v) is 5.48. The molecule has 0 radical (unpaired) electrons. The molecule has 37 heavy (non-hydrogen) atoms. The number of carbonyl (C=O) groups is 3. The molecular weight excluding hydrogens is 474 g/mol. The lowest BCUT2D eigenvalue weighted by molar-refractivity contribution is -0.384. The van der Waals surface area contributed by atoms with Crippen molar-refractivity contribution in [1.82, 2.24) is 5.32 Å². The maximum absolute atomic E-state index is 13.1. The molecule has 0 saturated carbocycles. The van der Waals surface area contributed by atoms with Crippen LogP contribution in [0.2, 0.25) is 0 Å². The zero-order valence-electron chi connectivity index (χ0n) is 20.9. The first-order valence-corrected chi connectivity index (χ1v) is 11.4. The second-order valence-electron chi connectivity index (χ2n) is 9.21. The molecular formula is C28H27N3O6. The van der Waals surface area contributed by atoms with Crippen molar-refractivity contribution in [3.8, 4) is 0 Å². The molecule has 3 rings (SSSR count). The summed E-state index contributed by atoms with van der Waals surface area (Å²) < 4.78 is 4.67. The van der Waals surface area contributed by atoms with E-state index >= 15 is 0 Å². The number of ether oxygens (including phenoxy) is 1. The van der Waals surface area contributed by atoms with Gasteiger partial charge in [-0.2, -0.15) is 0 Å².